The van der Waals surface area contributed by atoms with Crippen LogP contribution in [0.25, 0.3) is 17.1 Å². The molecule has 2 aromatic carbocycles. The Kier molecular flexibility index (Phi) is 9.53. The van der Waals surface area contributed by atoms with Crippen LogP contribution >= 0.6 is 11.8 Å². The van der Waals surface area contributed by atoms with Crippen LogP contribution in [0, 0.1) is 0 Å². The standard InChI is InChI=1S/C21H22N4O3S.C4H8O2/c1-27-18-9-5-6-16(14-18)20-22-23-21(25(20)17-7-3-2-4-8-17)29-15-19(26)24-10-12-28-13-11-24;1-2-6-4-3-5-1/h2-9,14H,10-13,15H2,1H3;1-4H2. The van der Waals surface area contributed by atoms with E-state index in [-0.39, 0.29) is 5.91 Å². The zero-order chi connectivity index (χ0) is 24.3. The first-order valence-corrected chi connectivity index (χ1v) is 12.5. The summed E-state index contributed by atoms with van der Waals surface area (Å²) in [6.45, 7) is 5.58. The number of amides is 1. The van der Waals surface area contributed by atoms with Crippen molar-refractivity contribution in [3.8, 4) is 22.8 Å². The second-order valence-electron chi connectivity index (χ2n) is 7.72. The van der Waals surface area contributed by atoms with E-state index in [1.54, 1.807) is 7.11 Å². The largest absolute Gasteiger partial charge is 0.497 e. The summed E-state index contributed by atoms with van der Waals surface area (Å²) in [7, 11) is 1.64. The summed E-state index contributed by atoms with van der Waals surface area (Å²) in [6.07, 6.45) is 0. The second kappa shape index (κ2) is 13.2. The Balaban J connectivity index is 0.000000421. The zero-order valence-corrected chi connectivity index (χ0v) is 20.6. The third-order valence-corrected chi connectivity index (χ3v) is 6.32. The maximum absolute atomic E-state index is 12.6. The molecule has 35 heavy (non-hydrogen) atoms. The van der Waals surface area contributed by atoms with Crippen LogP contribution in [-0.2, 0) is 19.0 Å². The van der Waals surface area contributed by atoms with E-state index in [1.807, 2.05) is 64.1 Å². The molecular weight excluding hydrogens is 468 g/mol. The smallest absolute Gasteiger partial charge is 0.233 e. The Morgan fingerprint density at radius 2 is 1.60 bits per heavy atom. The van der Waals surface area contributed by atoms with Crippen LogP contribution in [0.1, 0.15) is 0 Å². The Bertz CT molecular complexity index is 1060. The van der Waals surface area contributed by atoms with E-state index in [0.29, 0.717) is 43.0 Å². The molecule has 0 aliphatic carbocycles. The Morgan fingerprint density at radius 3 is 2.26 bits per heavy atom. The fourth-order valence-corrected chi connectivity index (χ4v) is 4.45. The molecule has 3 heterocycles. The normalized spacial score (nSPS) is 15.7. The highest BCUT2D eigenvalue weighted by Gasteiger charge is 2.21. The van der Waals surface area contributed by atoms with Crippen molar-refractivity contribution in [1.82, 2.24) is 19.7 Å². The summed E-state index contributed by atoms with van der Waals surface area (Å²) in [5.41, 5.74) is 1.84. The molecule has 0 atom stereocenters. The van der Waals surface area contributed by atoms with Gasteiger partial charge in [-0.25, -0.2) is 0 Å². The molecule has 0 saturated carbocycles. The highest BCUT2D eigenvalue weighted by molar-refractivity contribution is 7.99. The predicted molar refractivity (Wildman–Crippen MR) is 133 cm³/mol. The lowest BCUT2D eigenvalue weighted by molar-refractivity contribution is -0.132. The van der Waals surface area contributed by atoms with Crippen molar-refractivity contribution >= 4 is 17.7 Å². The number of thioether (sulfide) groups is 1. The third kappa shape index (κ3) is 7.04. The van der Waals surface area contributed by atoms with Crippen LogP contribution in [0.2, 0.25) is 0 Å². The van der Waals surface area contributed by atoms with Crippen molar-refractivity contribution in [1.29, 1.82) is 0 Å². The number of para-hydroxylation sites is 1. The van der Waals surface area contributed by atoms with E-state index >= 15 is 0 Å². The van der Waals surface area contributed by atoms with Gasteiger partial charge in [0.15, 0.2) is 11.0 Å². The highest BCUT2D eigenvalue weighted by atomic mass is 32.2. The average Bonchev–Trinajstić information content (AvgIpc) is 3.38. The summed E-state index contributed by atoms with van der Waals surface area (Å²) in [5, 5.41) is 9.48. The zero-order valence-electron chi connectivity index (χ0n) is 19.8. The molecule has 2 fully saturated rings. The number of ether oxygens (including phenoxy) is 4. The predicted octanol–water partition coefficient (Wildman–Crippen LogP) is 2.93. The number of aromatic nitrogens is 3. The number of carbonyl (C=O) groups excluding carboxylic acids is 1. The van der Waals surface area contributed by atoms with Crippen LogP contribution < -0.4 is 4.74 Å². The number of morpholine rings is 1. The first-order chi connectivity index (χ1) is 17.3. The van der Waals surface area contributed by atoms with E-state index in [4.69, 9.17) is 18.9 Å². The molecule has 1 aromatic heterocycles. The van der Waals surface area contributed by atoms with Crippen molar-refractivity contribution < 1.29 is 23.7 Å². The lowest BCUT2D eigenvalue weighted by atomic mass is 10.2. The number of carbonyl (C=O) groups is 1. The van der Waals surface area contributed by atoms with E-state index in [0.717, 1.165) is 43.4 Å². The Labute approximate surface area is 209 Å². The van der Waals surface area contributed by atoms with Crippen molar-refractivity contribution in [2.24, 2.45) is 0 Å². The lowest BCUT2D eigenvalue weighted by Crippen LogP contribution is -2.41. The molecule has 9 nitrogen and oxygen atoms in total. The number of rotatable bonds is 6. The molecule has 2 aliphatic heterocycles. The van der Waals surface area contributed by atoms with Gasteiger partial charge >= 0.3 is 0 Å². The van der Waals surface area contributed by atoms with Gasteiger partial charge in [-0.1, -0.05) is 42.1 Å². The monoisotopic (exact) mass is 498 g/mol. The van der Waals surface area contributed by atoms with Crippen LogP contribution in [0.3, 0.4) is 0 Å². The van der Waals surface area contributed by atoms with Crippen molar-refractivity contribution in [3.63, 3.8) is 0 Å². The summed E-state index contributed by atoms with van der Waals surface area (Å²) in [5.74, 6) is 1.85. The topological polar surface area (TPSA) is 87.9 Å². The number of methoxy groups -OCH3 is 1. The van der Waals surface area contributed by atoms with Crippen LogP contribution in [0.15, 0.2) is 59.8 Å². The van der Waals surface area contributed by atoms with E-state index in [1.165, 1.54) is 11.8 Å². The van der Waals surface area contributed by atoms with Gasteiger partial charge < -0.3 is 23.8 Å². The van der Waals surface area contributed by atoms with Gasteiger partial charge in [0.2, 0.25) is 5.91 Å². The molecule has 0 N–H and O–H groups in total. The van der Waals surface area contributed by atoms with Crippen LogP contribution in [-0.4, -0.2) is 91.2 Å². The minimum Gasteiger partial charge on any atom is -0.497 e. The maximum atomic E-state index is 12.6. The summed E-state index contributed by atoms with van der Waals surface area (Å²) in [4.78, 5) is 14.4. The maximum Gasteiger partial charge on any atom is 0.233 e. The van der Waals surface area contributed by atoms with Crippen molar-refractivity contribution in [2.45, 2.75) is 5.16 Å². The third-order valence-electron chi connectivity index (χ3n) is 5.41. The molecule has 5 rings (SSSR count). The van der Waals surface area contributed by atoms with Crippen molar-refractivity contribution in [3.05, 3.63) is 54.6 Å². The molecule has 0 bridgehead atoms. The highest BCUT2D eigenvalue weighted by Crippen LogP contribution is 2.29. The molecule has 0 spiro atoms. The lowest BCUT2D eigenvalue weighted by Gasteiger charge is -2.26. The quantitative estimate of drug-likeness (QED) is 0.480. The fourth-order valence-electron chi connectivity index (χ4n) is 3.59. The summed E-state index contributed by atoms with van der Waals surface area (Å²) >= 11 is 1.40. The fraction of sp³-hybridized carbons (Fsp3) is 0.400. The van der Waals surface area contributed by atoms with E-state index < -0.39 is 0 Å². The molecule has 0 unspecified atom stereocenters. The number of hydrogen-bond acceptors (Lipinski definition) is 8. The van der Waals surface area contributed by atoms with Crippen molar-refractivity contribution in [2.75, 3.05) is 65.6 Å². The van der Waals surface area contributed by atoms with Gasteiger partial charge in [0.25, 0.3) is 0 Å². The Hall–Kier alpha value is -2.92. The first-order valence-electron chi connectivity index (χ1n) is 11.6. The Morgan fingerprint density at radius 1 is 0.914 bits per heavy atom. The number of benzene rings is 2. The van der Waals surface area contributed by atoms with Gasteiger partial charge in [-0.05, 0) is 24.3 Å². The van der Waals surface area contributed by atoms with Gasteiger partial charge in [-0.15, -0.1) is 10.2 Å². The van der Waals surface area contributed by atoms with Gasteiger partial charge in [0, 0.05) is 24.3 Å². The molecule has 1 amide bonds. The molecule has 186 valence electrons. The van der Waals surface area contributed by atoms with Gasteiger partial charge in [0.1, 0.15) is 5.75 Å². The van der Waals surface area contributed by atoms with Gasteiger partial charge in [-0.2, -0.15) is 0 Å². The van der Waals surface area contributed by atoms with Crippen LogP contribution in [0.4, 0.5) is 0 Å². The van der Waals surface area contributed by atoms with E-state index in [2.05, 4.69) is 10.2 Å². The van der Waals surface area contributed by atoms with Gasteiger partial charge in [-0.3, -0.25) is 9.36 Å². The van der Waals surface area contributed by atoms with E-state index in [9.17, 15) is 4.79 Å². The van der Waals surface area contributed by atoms with Crippen LogP contribution in [0.5, 0.6) is 5.75 Å². The minimum atomic E-state index is 0.0869. The SMILES string of the molecule is C1COCCO1.COc1cccc(-c2nnc(SCC(=O)N3CCOCC3)n2-c2ccccc2)c1. The minimum absolute atomic E-state index is 0.0869. The molecule has 3 aromatic rings. The summed E-state index contributed by atoms with van der Waals surface area (Å²) < 4.78 is 22.5. The number of nitrogens with zero attached hydrogens (tertiary/aromatic N) is 4. The molecule has 0 radical (unpaired) electrons. The average molecular weight is 499 g/mol. The molecule has 10 heteroatoms. The summed E-state index contributed by atoms with van der Waals surface area (Å²) in [6, 6.07) is 17.6. The first kappa shape index (κ1) is 25.2. The molecule has 2 saturated heterocycles. The number of hydrogen-bond donors (Lipinski definition) is 0. The van der Waals surface area contributed by atoms with Gasteiger partial charge in [0.05, 0.1) is 52.5 Å². The second-order valence-corrected chi connectivity index (χ2v) is 8.66. The molecule has 2 aliphatic rings. The molecular formula is C25H30N4O5S.